The van der Waals surface area contributed by atoms with Crippen LogP contribution in [0.1, 0.15) is 36.5 Å². The van der Waals surface area contributed by atoms with E-state index in [1.54, 1.807) is 47.5 Å². The molecular formula is C22H26N4O3. The molecule has 29 heavy (non-hydrogen) atoms. The number of aromatic nitrogens is 1. The van der Waals surface area contributed by atoms with Crippen LogP contribution in [0.3, 0.4) is 0 Å². The Hall–Kier alpha value is -3.22. The highest BCUT2D eigenvalue weighted by Crippen LogP contribution is 2.20. The summed E-state index contributed by atoms with van der Waals surface area (Å²) in [5, 5.41) is 5.69. The number of hydrogen-bond donors (Lipinski definition) is 2. The van der Waals surface area contributed by atoms with Crippen molar-refractivity contribution in [2.75, 3.05) is 18.4 Å². The second kappa shape index (κ2) is 9.82. The predicted molar refractivity (Wildman–Crippen MR) is 110 cm³/mol. The third kappa shape index (κ3) is 5.88. The number of benzene rings is 1. The van der Waals surface area contributed by atoms with Crippen LogP contribution in [-0.4, -0.2) is 46.7 Å². The van der Waals surface area contributed by atoms with Gasteiger partial charge in [-0.1, -0.05) is 24.3 Å². The first-order valence-electron chi connectivity index (χ1n) is 9.88. The molecule has 1 aromatic heterocycles. The highest BCUT2D eigenvalue weighted by Gasteiger charge is 2.28. The molecule has 0 spiro atoms. The number of amides is 3. The van der Waals surface area contributed by atoms with Crippen LogP contribution < -0.4 is 10.6 Å². The molecule has 152 valence electrons. The van der Waals surface area contributed by atoms with Gasteiger partial charge in [0.05, 0.1) is 0 Å². The molecule has 0 aliphatic carbocycles. The number of pyridine rings is 1. The predicted octanol–water partition coefficient (Wildman–Crippen LogP) is 2.47. The lowest BCUT2D eigenvalue weighted by Crippen LogP contribution is -2.44. The third-order valence-corrected chi connectivity index (χ3v) is 5.03. The Morgan fingerprint density at radius 1 is 1.07 bits per heavy atom. The Morgan fingerprint density at radius 2 is 1.76 bits per heavy atom. The van der Waals surface area contributed by atoms with Gasteiger partial charge in [0.1, 0.15) is 5.82 Å². The largest absolute Gasteiger partial charge is 0.349 e. The van der Waals surface area contributed by atoms with Gasteiger partial charge in [-0.25, -0.2) is 4.98 Å². The Balaban J connectivity index is 1.42. The molecule has 0 bridgehead atoms. The van der Waals surface area contributed by atoms with Crippen LogP contribution in [0.5, 0.6) is 0 Å². The van der Waals surface area contributed by atoms with Gasteiger partial charge in [-0.05, 0) is 44.0 Å². The summed E-state index contributed by atoms with van der Waals surface area (Å²) in [7, 11) is 0. The van der Waals surface area contributed by atoms with E-state index in [1.165, 1.54) is 0 Å². The molecule has 2 aromatic rings. The topological polar surface area (TPSA) is 91.4 Å². The van der Waals surface area contributed by atoms with E-state index < -0.39 is 0 Å². The molecule has 7 heteroatoms. The summed E-state index contributed by atoms with van der Waals surface area (Å²) in [5.41, 5.74) is 0.575. The SMILES string of the molecule is CC(CC(=O)N1CCC(C(=O)Nc2ccccn2)CC1)NC(=O)c1ccccc1. The number of anilines is 1. The second-order valence-electron chi connectivity index (χ2n) is 7.30. The van der Waals surface area contributed by atoms with Crippen LogP contribution in [0.4, 0.5) is 5.82 Å². The van der Waals surface area contributed by atoms with Crippen LogP contribution in [0.2, 0.25) is 0 Å². The molecule has 3 rings (SSSR count). The van der Waals surface area contributed by atoms with Gasteiger partial charge < -0.3 is 15.5 Å². The van der Waals surface area contributed by atoms with Gasteiger partial charge in [0.2, 0.25) is 11.8 Å². The maximum Gasteiger partial charge on any atom is 0.251 e. The summed E-state index contributed by atoms with van der Waals surface area (Å²) in [5.74, 6) is 0.166. The molecule has 1 aromatic carbocycles. The van der Waals surface area contributed by atoms with Crippen molar-refractivity contribution in [2.24, 2.45) is 5.92 Å². The van der Waals surface area contributed by atoms with Gasteiger partial charge in [0, 0.05) is 43.2 Å². The highest BCUT2D eigenvalue weighted by atomic mass is 16.2. The van der Waals surface area contributed by atoms with Gasteiger partial charge in [-0.3, -0.25) is 14.4 Å². The number of nitrogens with zero attached hydrogens (tertiary/aromatic N) is 2. The molecule has 3 amide bonds. The standard InChI is InChI=1S/C22H26N4O3/c1-16(24-21(28)17-7-3-2-4-8-17)15-20(27)26-13-10-18(11-14-26)22(29)25-19-9-5-6-12-23-19/h2-9,12,16,18H,10-11,13-15H2,1H3,(H,24,28)(H,23,25,29). The smallest absolute Gasteiger partial charge is 0.251 e. The van der Waals surface area contributed by atoms with Crippen molar-refractivity contribution in [1.82, 2.24) is 15.2 Å². The number of nitrogens with one attached hydrogen (secondary N) is 2. The van der Waals surface area contributed by atoms with E-state index >= 15 is 0 Å². The Kier molecular flexibility index (Phi) is 6.94. The van der Waals surface area contributed by atoms with Crippen molar-refractivity contribution in [2.45, 2.75) is 32.2 Å². The van der Waals surface area contributed by atoms with Crippen molar-refractivity contribution in [3.05, 3.63) is 60.3 Å². The average Bonchev–Trinajstić information content (AvgIpc) is 2.75. The summed E-state index contributed by atoms with van der Waals surface area (Å²) in [6.45, 7) is 2.91. The number of rotatable bonds is 6. The lowest BCUT2D eigenvalue weighted by atomic mass is 9.95. The van der Waals surface area contributed by atoms with Gasteiger partial charge in [-0.2, -0.15) is 0 Å². The van der Waals surface area contributed by atoms with Crippen molar-refractivity contribution in [1.29, 1.82) is 0 Å². The molecule has 2 N–H and O–H groups in total. The minimum atomic E-state index is -0.264. The van der Waals surface area contributed by atoms with Crippen LogP contribution in [0.15, 0.2) is 54.7 Å². The van der Waals surface area contributed by atoms with Crippen LogP contribution in [-0.2, 0) is 9.59 Å². The maximum atomic E-state index is 12.6. The zero-order chi connectivity index (χ0) is 20.6. The number of carbonyl (C=O) groups excluding carboxylic acids is 3. The molecule has 0 saturated carbocycles. The van der Waals surface area contributed by atoms with Gasteiger partial charge in [0.15, 0.2) is 0 Å². The van der Waals surface area contributed by atoms with E-state index in [-0.39, 0.29) is 36.1 Å². The van der Waals surface area contributed by atoms with Crippen molar-refractivity contribution < 1.29 is 14.4 Å². The molecular weight excluding hydrogens is 368 g/mol. The fourth-order valence-electron chi connectivity index (χ4n) is 3.39. The van der Waals surface area contributed by atoms with Gasteiger partial charge in [-0.15, -0.1) is 0 Å². The fraction of sp³-hybridized carbons (Fsp3) is 0.364. The van der Waals surface area contributed by atoms with E-state index in [1.807, 2.05) is 19.1 Å². The monoisotopic (exact) mass is 394 g/mol. The minimum absolute atomic E-state index is 0.00514. The molecule has 2 heterocycles. The molecule has 0 radical (unpaired) electrons. The van der Waals surface area contributed by atoms with Crippen LogP contribution >= 0.6 is 0 Å². The van der Waals surface area contributed by atoms with Crippen molar-refractivity contribution in [3.8, 4) is 0 Å². The fourth-order valence-corrected chi connectivity index (χ4v) is 3.39. The molecule has 1 unspecified atom stereocenters. The first-order chi connectivity index (χ1) is 14.0. The Labute approximate surface area is 170 Å². The first-order valence-corrected chi connectivity index (χ1v) is 9.88. The lowest BCUT2D eigenvalue weighted by Gasteiger charge is -2.32. The molecule has 1 saturated heterocycles. The quantitative estimate of drug-likeness (QED) is 0.787. The van der Waals surface area contributed by atoms with E-state index in [4.69, 9.17) is 0 Å². The Morgan fingerprint density at radius 3 is 2.41 bits per heavy atom. The van der Waals surface area contributed by atoms with Crippen molar-refractivity contribution in [3.63, 3.8) is 0 Å². The summed E-state index contributed by atoms with van der Waals surface area (Å²) in [6.07, 6.45) is 3.11. The van der Waals surface area contributed by atoms with Gasteiger partial charge in [0.25, 0.3) is 5.91 Å². The molecule has 1 aliphatic heterocycles. The number of carbonyl (C=O) groups is 3. The maximum absolute atomic E-state index is 12.6. The minimum Gasteiger partial charge on any atom is -0.349 e. The second-order valence-corrected chi connectivity index (χ2v) is 7.30. The van der Waals surface area contributed by atoms with E-state index in [2.05, 4.69) is 15.6 Å². The molecule has 7 nitrogen and oxygen atoms in total. The summed E-state index contributed by atoms with van der Waals surface area (Å²) in [4.78, 5) is 43.0. The lowest BCUT2D eigenvalue weighted by molar-refractivity contribution is -0.134. The Bertz CT molecular complexity index is 834. The third-order valence-electron chi connectivity index (χ3n) is 5.03. The summed E-state index contributed by atoms with van der Waals surface area (Å²) < 4.78 is 0. The summed E-state index contributed by atoms with van der Waals surface area (Å²) >= 11 is 0. The zero-order valence-corrected chi connectivity index (χ0v) is 16.5. The van der Waals surface area contributed by atoms with E-state index in [9.17, 15) is 14.4 Å². The van der Waals surface area contributed by atoms with Gasteiger partial charge >= 0.3 is 0 Å². The normalized spacial score (nSPS) is 15.4. The number of hydrogen-bond acceptors (Lipinski definition) is 4. The molecule has 1 atom stereocenters. The molecule has 1 aliphatic rings. The van der Waals surface area contributed by atoms with Crippen molar-refractivity contribution >= 4 is 23.5 Å². The van der Waals surface area contributed by atoms with E-state index in [0.29, 0.717) is 37.3 Å². The average molecular weight is 394 g/mol. The zero-order valence-electron chi connectivity index (χ0n) is 16.5. The number of piperidine rings is 1. The van der Waals surface area contributed by atoms with Crippen LogP contribution in [0.25, 0.3) is 0 Å². The summed E-state index contributed by atoms with van der Waals surface area (Å²) in [6, 6.07) is 14.0. The first kappa shape index (κ1) is 20.5. The van der Waals surface area contributed by atoms with Crippen LogP contribution in [0, 0.1) is 5.92 Å². The molecule has 1 fully saturated rings. The van der Waals surface area contributed by atoms with E-state index in [0.717, 1.165) is 0 Å². The number of likely N-dealkylation sites (tertiary alicyclic amines) is 1. The highest BCUT2D eigenvalue weighted by molar-refractivity contribution is 5.94.